The van der Waals surface area contributed by atoms with Crippen LogP contribution in [0.2, 0.25) is 5.15 Å². The fourth-order valence-corrected chi connectivity index (χ4v) is 3.20. The fourth-order valence-electron chi connectivity index (χ4n) is 2.96. The predicted octanol–water partition coefficient (Wildman–Crippen LogP) is 3.87. The molecule has 0 saturated heterocycles. The first kappa shape index (κ1) is 17.6. The lowest BCUT2D eigenvalue weighted by atomic mass is 10.1. The van der Waals surface area contributed by atoms with Crippen LogP contribution in [0.15, 0.2) is 30.5 Å². The van der Waals surface area contributed by atoms with Crippen molar-refractivity contribution in [3.8, 4) is 5.69 Å². The maximum atomic E-state index is 13.5. The van der Waals surface area contributed by atoms with E-state index in [1.807, 2.05) is 33.2 Å². The summed E-state index contributed by atoms with van der Waals surface area (Å²) < 4.78 is 16.9. The smallest absolute Gasteiger partial charge is 0.131 e. The van der Waals surface area contributed by atoms with Gasteiger partial charge in [0.15, 0.2) is 0 Å². The summed E-state index contributed by atoms with van der Waals surface area (Å²) in [7, 11) is 1.83. The number of nitrogens with zero attached hydrogens (tertiary/aromatic N) is 4. The first-order chi connectivity index (χ1) is 11.9. The summed E-state index contributed by atoms with van der Waals surface area (Å²) in [4.78, 5) is 0. The van der Waals surface area contributed by atoms with Crippen LogP contribution in [0.5, 0.6) is 0 Å². The molecule has 132 valence electrons. The highest BCUT2D eigenvalue weighted by atomic mass is 35.5. The Morgan fingerprint density at radius 1 is 1.32 bits per heavy atom. The van der Waals surface area contributed by atoms with Gasteiger partial charge in [-0.25, -0.2) is 9.07 Å². The predicted molar refractivity (Wildman–Crippen MR) is 96.5 cm³/mol. The molecule has 0 spiro atoms. The number of halogens is 2. The van der Waals surface area contributed by atoms with E-state index in [1.54, 1.807) is 15.4 Å². The van der Waals surface area contributed by atoms with Crippen LogP contribution in [-0.2, 0) is 13.6 Å². The van der Waals surface area contributed by atoms with Gasteiger partial charge in [0.05, 0.1) is 17.6 Å². The molecule has 1 atom stereocenters. The third kappa shape index (κ3) is 3.45. The second kappa shape index (κ2) is 6.98. The first-order valence-electron chi connectivity index (χ1n) is 8.10. The molecule has 3 aromatic rings. The molecular weight excluding hydrogens is 341 g/mol. The van der Waals surface area contributed by atoms with E-state index in [0.29, 0.717) is 17.4 Å². The molecule has 7 heteroatoms. The van der Waals surface area contributed by atoms with Crippen molar-refractivity contribution < 1.29 is 4.39 Å². The van der Waals surface area contributed by atoms with Crippen LogP contribution in [0, 0.1) is 19.7 Å². The highest BCUT2D eigenvalue weighted by Crippen LogP contribution is 2.23. The van der Waals surface area contributed by atoms with Crippen LogP contribution in [0.3, 0.4) is 0 Å². The second-order valence-electron chi connectivity index (χ2n) is 6.16. The summed E-state index contributed by atoms with van der Waals surface area (Å²) in [5.41, 5.74) is 4.65. The Labute approximate surface area is 151 Å². The van der Waals surface area contributed by atoms with Gasteiger partial charge in [0.1, 0.15) is 11.0 Å². The van der Waals surface area contributed by atoms with Crippen molar-refractivity contribution in [3.05, 3.63) is 63.9 Å². The molecule has 0 fully saturated rings. The molecule has 0 aliphatic rings. The topological polar surface area (TPSA) is 47.7 Å². The van der Waals surface area contributed by atoms with E-state index in [9.17, 15) is 4.39 Å². The van der Waals surface area contributed by atoms with Crippen LogP contribution in [-0.4, -0.2) is 19.6 Å². The van der Waals surface area contributed by atoms with Crippen molar-refractivity contribution in [2.45, 2.75) is 33.4 Å². The molecule has 0 bridgehead atoms. The van der Waals surface area contributed by atoms with Gasteiger partial charge in [-0.15, -0.1) is 0 Å². The number of benzene rings is 1. The molecule has 0 unspecified atom stereocenters. The van der Waals surface area contributed by atoms with E-state index in [0.717, 1.165) is 22.5 Å². The summed E-state index contributed by atoms with van der Waals surface area (Å²) in [5, 5.41) is 12.8. The number of aromatic nitrogens is 4. The fraction of sp³-hybridized carbons (Fsp3) is 0.333. The highest BCUT2D eigenvalue weighted by molar-refractivity contribution is 6.30. The molecule has 25 heavy (non-hydrogen) atoms. The maximum Gasteiger partial charge on any atom is 0.131 e. The average molecular weight is 362 g/mol. The van der Waals surface area contributed by atoms with Crippen molar-refractivity contribution in [2.24, 2.45) is 7.05 Å². The maximum absolute atomic E-state index is 13.5. The Morgan fingerprint density at radius 3 is 2.72 bits per heavy atom. The van der Waals surface area contributed by atoms with Crippen molar-refractivity contribution in [1.82, 2.24) is 24.9 Å². The van der Waals surface area contributed by atoms with Gasteiger partial charge < -0.3 is 5.32 Å². The normalized spacial score (nSPS) is 12.6. The summed E-state index contributed by atoms with van der Waals surface area (Å²) in [6, 6.07) is 6.48. The van der Waals surface area contributed by atoms with Crippen molar-refractivity contribution in [1.29, 1.82) is 0 Å². The second-order valence-corrected chi connectivity index (χ2v) is 6.52. The SMILES string of the molecule is Cc1nn(C)c(Cl)c1CN[C@H](C)c1cnn(-c2cccc(F)c2)c1C. The Morgan fingerprint density at radius 2 is 2.08 bits per heavy atom. The number of nitrogens with one attached hydrogen (secondary N) is 1. The van der Waals surface area contributed by atoms with Crippen LogP contribution in [0.1, 0.15) is 35.5 Å². The molecule has 2 heterocycles. The Kier molecular flexibility index (Phi) is 4.92. The van der Waals surface area contributed by atoms with Gasteiger partial charge in [0, 0.05) is 36.5 Å². The number of aryl methyl sites for hydroxylation is 2. The van der Waals surface area contributed by atoms with Gasteiger partial charge >= 0.3 is 0 Å². The molecule has 2 aromatic heterocycles. The van der Waals surface area contributed by atoms with Gasteiger partial charge in [-0.3, -0.25) is 4.68 Å². The van der Waals surface area contributed by atoms with E-state index in [-0.39, 0.29) is 11.9 Å². The van der Waals surface area contributed by atoms with Crippen molar-refractivity contribution >= 4 is 11.6 Å². The van der Waals surface area contributed by atoms with Crippen LogP contribution in [0.25, 0.3) is 5.69 Å². The molecule has 5 nitrogen and oxygen atoms in total. The Bertz CT molecular complexity index is 899. The van der Waals surface area contributed by atoms with Crippen LogP contribution in [0.4, 0.5) is 4.39 Å². The monoisotopic (exact) mass is 361 g/mol. The van der Waals surface area contributed by atoms with Crippen molar-refractivity contribution in [2.75, 3.05) is 0 Å². The molecule has 1 N–H and O–H groups in total. The van der Waals surface area contributed by atoms with E-state index in [1.165, 1.54) is 12.1 Å². The summed E-state index contributed by atoms with van der Waals surface area (Å²) in [5.74, 6) is -0.276. The standard InChI is InChI=1S/C18H21ClFN5/c1-11(21-9-17-12(2)23-24(4)18(17)19)16-10-22-25(13(16)3)15-7-5-6-14(20)8-15/h5-8,10-11,21H,9H2,1-4H3/t11-/m1/s1. The number of hydrogen-bond donors (Lipinski definition) is 1. The Hall–Kier alpha value is -2.18. The van der Waals surface area contributed by atoms with Gasteiger partial charge in [0.2, 0.25) is 0 Å². The molecule has 3 rings (SSSR count). The van der Waals surface area contributed by atoms with Gasteiger partial charge in [-0.05, 0) is 39.0 Å². The lowest BCUT2D eigenvalue weighted by molar-refractivity contribution is 0.570. The van der Waals surface area contributed by atoms with Gasteiger partial charge in [0.25, 0.3) is 0 Å². The molecule has 0 aliphatic heterocycles. The quantitative estimate of drug-likeness (QED) is 0.750. The zero-order valence-electron chi connectivity index (χ0n) is 14.7. The summed E-state index contributed by atoms with van der Waals surface area (Å²) in [6.07, 6.45) is 1.82. The van der Waals surface area contributed by atoms with Crippen LogP contribution >= 0.6 is 11.6 Å². The van der Waals surface area contributed by atoms with Crippen LogP contribution < -0.4 is 5.32 Å². The first-order valence-corrected chi connectivity index (χ1v) is 8.48. The summed E-state index contributed by atoms with van der Waals surface area (Å²) >= 11 is 6.28. The Balaban J connectivity index is 1.78. The van der Waals surface area contributed by atoms with Gasteiger partial charge in [-0.1, -0.05) is 17.7 Å². The molecule has 0 saturated carbocycles. The number of rotatable bonds is 5. The third-order valence-electron chi connectivity index (χ3n) is 4.42. The lowest BCUT2D eigenvalue weighted by Crippen LogP contribution is -2.19. The largest absolute Gasteiger partial charge is 0.306 e. The van der Waals surface area contributed by atoms with E-state index in [2.05, 4.69) is 22.4 Å². The lowest BCUT2D eigenvalue weighted by Gasteiger charge is -2.14. The third-order valence-corrected chi connectivity index (χ3v) is 4.89. The minimum atomic E-state index is -0.276. The molecule has 0 aliphatic carbocycles. The van der Waals surface area contributed by atoms with Gasteiger partial charge in [-0.2, -0.15) is 10.2 Å². The minimum absolute atomic E-state index is 0.0676. The molecule has 0 radical (unpaired) electrons. The van der Waals surface area contributed by atoms with E-state index >= 15 is 0 Å². The zero-order chi connectivity index (χ0) is 18.1. The van der Waals surface area contributed by atoms with Crippen molar-refractivity contribution in [3.63, 3.8) is 0 Å². The molecule has 1 aromatic carbocycles. The number of hydrogen-bond acceptors (Lipinski definition) is 3. The highest BCUT2D eigenvalue weighted by Gasteiger charge is 2.16. The van der Waals surface area contributed by atoms with E-state index in [4.69, 9.17) is 11.6 Å². The summed E-state index contributed by atoms with van der Waals surface area (Å²) in [6.45, 7) is 6.61. The molecular formula is C18H21ClFN5. The zero-order valence-corrected chi connectivity index (χ0v) is 15.5. The van der Waals surface area contributed by atoms with E-state index < -0.39 is 0 Å². The average Bonchev–Trinajstić information content (AvgIpc) is 3.06. The molecule has 0 amide bonds. The minimum Gasteiger partial charge on any atom is -0.306 e.